The van der Waals surface area contributed by atoms with Gasteiger partial charge in [-0.25, -0.2) is 0 Å². The molecule has 17 aromatic carbocycles. The molecule has 0 saturated heterocycles. The maximum absolute atomic E-state index is 7.60. The summed E-state index contributed by atoms with van der Waals surface area (Å²) in [5, 5.41) is 5.43. The first kappa shape index (κ1) is 69.1. The number of anilines is 6. The lowest BCUT2D eigenvalue weighted by Gasteiger charge is -2.46. The second-order valence-corrected chi connectivity index (χ2v) is 30.3. The van der Waals surface area contributed by atoms with E-state index >= 15 is 0 Å². The summed E-state index contributed by atoms with van der Waals surface area (Å²) in [5.74, 6) is 0. The van der Waals surface area contributed by atoms with Crippen molar-refractivity contribution in [2.24, 2.45) is 0 Å². The molecule has 0 atom stereocenters. The van der Waals surface area contributed by atoms with E-state index in [4.69, 9.17) is 62.8 Å². The minimum atomic E-state index is -0.453. The number of aromatic nitrogens is 3. The quantitative estimate of drug-likeness (QED) is 0.120. The van der Waals surface area contributed by atoms with Gasteiger partial charge in [0.25, 0.3) is 6.71 Å². The van der Waals surface area contributed by atoms with Crippen LogP contribution >= 0.6 is 0 Å². The van der Waals surface area contributed by atoms with Gasteiger partial charge in [-0.2, -0.15) is 0 Å². The van der Waals surface area contributed by atoms with E-state index in [0.717, 1.165) is 172 Å². The van der Waals surface area contributed by atoms with Gasteiger partial charge in [0.05, 0.1) is 39.1 Å². The molecule has 2 aliphatic rings. The predicted molar refractivity (Wildman–Crippen MR) is 499 cm³/mol. The summed E-state index contributed by atoms with van der Waals surface area (Å²) in [6, 6.07) is 128. The van der Waals surface area contributed by atoms with Crippen molar-refractivity contribution in [3.05, 3.63) is 352 Å². The Labute approximate surface area is 683 Å². The van der Waals surface area contributed by atoms with Crippen molar-refractivity contribution in [2.75, 3.05) is 9.80 Å². The Morgan fingerprint density at radius 3 is 0.888 bits per heavy atom. The second-order valence-electron chi connectivity index (χ2n) is 30.3. The highest BCUT2D eigenvalue weighted by molar-refractivity contribution is 7.00. The smallest absolute Gasteiger partial charge is 0.252 e. The largest absolute Gasteiger partial charge is 0.310 e. The van der Waals surface area contributed by atoms with Gasteiger partial charge in [0.15, 0.2) is 0 Å². The van der Waals surface area contributed by atoms with E-state index in [0.29, 0.717) is 27.5 Å². The first-order valence-electron chi connectivity index (χ1n) is 39.0. The maximum atomic E-state index is 7.60. The molecule has 0 N–H and O–H groups in total. The zero-order valence-electron chi connectivity index (χ0n) is 62.9. The van der Waals surface area contributed by atoms with Crippen molar-refractivity contribution in [3.63, 3.8) is 0 Å². The average molecular weight is 1450 g/mol. The Morgan fingerprint density at radius 2 is 0.517 bits per heavy atom. The molecule has 0 fully saturated rings. The number of hydrogen-bond donors (Lipinski definition) is 0. The van der Waals surface area contributed by atoms with Crippen LogP contribution in [0.25, 0.3) is 149 Å². The van der Waals surface area contributed by atoms with E-state index in [1.165, 1.54) is 0 Å². The molecule has 3 aromatic heterocycles. The summed E-state index contributed by atoms with van der Waals surface area (Å²) in [7, 11) is 58.2. The summed E-state index contributed by atoms with van der Waals surface area (Å²) >= 11 is 0. The van der Waals surface area contributed by atoms with Crippen molar-refractivity contribution in [2.45, 2.75) is 0 Å². The lowest BCUT2D eigenvalue weighted by atomic mass is 9.33. The van der Waals surface area contributed by atoms with Crippen molar-refractivity contribution in [1.82, 2.24) is 13.7 Å². The molecular formula is C102H58B9N5. The Hall–Kier alpha value is -13.7. The van der Waals surface area contributed by atoms with Crippen molar-refractivity contribution in [3.8, 4) is 83.8 Å². The SMILES string of the molecule is [B]c1c([B])c([B])c2c(c1[B])c1c([B])c([B])c([B])c([B])c1n2-c1cc2c3c(c1)N(c1c(-c4ccccc4)cccc1-c1ccccc1)c1cc(-c4ccc5c(c4)c4ccccc4n5-c4ccccc4)ccc1B3c1ccc(-c3ccc4c(c3)c3ccccc3n4-c3ccccc3)cc1N2c1c(-c2ccccc2)cccc1-c1ccccc1. The van der Waals surface area contributed by atoms with Gasteiger partial charge in [0, 0.05) is 89.0 Å². The third kappa shape index (κ3) is 10.4. The van der Waals surface area contributed by atoms with Crippen LogP contribution in [-0.4, -0.2) is 83.2 Å². The van der Waals surface area contributed by atoms with E-state index in [2.05, 4.69) is 371 Å². The van der Waals surface area contributed by atoms with Crippen molar-refractivity contribution < 1.29 is 0 Å². The summed E-state index contributed by atoms with van der Waals surface area (Å²) in [6.45, 7) is -0.453. The highest BCUT2D eigenvalue weighted by Gasteiger charge is 2.46. The first-order valence-corrected chi connectivity index (χ1v) is 39.0. The van der Waals surface area contributed by atoms with Crippen LogP contribution in [0.5, 0.6) is 0 Å². The van der Waals surface area contributed by atoms with Gasteiger partial charge in [-0.1, -0.05) is 289 Å². The molecule has 116 heavy (non-hydrogen) atoms. The zero-order valence-corrected chi connectivity index (χ0v) is 62.9. The molecule has 0 aliphatic carbocycles. The van der Waals surface area contributed by atoms with Crippen LogP contribution in [0.4, 0.5) is 34.1 Å². The minimum Gasteiger partial charge on any atom is -0.310 e. The van der Waals surface area contributed by atoms with Crippen LogP contribution in [0, 0.1) is 0 Å². The molecule has 14 heteroatoms. The lowest BCUT2D eigenvalue weighted by molar-refractivity contribution is 1.17. The molecule has 0 saturated carbocycles. The normalized spacial score (nSPS) is 12.4. The number of hydrogen-bond acceptors (Lipinski definition) is 2. The Kier molecular flexibility index (Phi) is 16.1. The first-order chi connectivity index (χ1) is 56.9. The molecule has 0 amide bonds. The monoisotopic (exact) mass is 1450 g/mol. The summed E-state index contributed by atoms with van der Waals surface area (Å²) in [6.07, 6.45) is 0. The molecule has 16 radical (unpaired) electrons. The average Bonchev–Trinajstić information content (AvgIpc) is 1.00. The van der Waals surface area contributed by atoms with E-state index < -0.39 is 6.71 Å². The molecule has 5 nitrogen and oxygen atoms in total. The number of fused-ring (bicyclic) bond motifs is 13. The summed E-state index contributed by atoms with van der Waals surface area (Å²) in [4.78, 5) is 5.06. The van der Waals surface area contributed by atoms with E-state index in [9.17, 15) is 0 Å². The van der Waals surface area contributed by atoms with Gasteiger partial charge in [-0.15, -0.1) is 21.9 Å². The predicted octanol–water partition coefficient (Wildman–Crippen LogP) is 15.4. The van der Waals surface area contributed by atoms with E-state index in [1.807, 2.05) is 4.57 Å². The van der Waals surface area contributed by atoms with Crippen LogP contribution < -0.4 is 69.9 Å². The Morgan fingerprint density at radius 1 is 0.207 bits per heavy atom. The van der Waals surface area contributed by atoms with Gasteiger partial charge in [0.2, 0.25) is 0 Å². The standard InChI is InChI=1S/C102H58B9N5/c103-90-88-89-91(104)93(106)95(108)97(110)102(89)114(101(88)96(109)94(107)92(90)105)69-57-86-98-87(58-69)116(100-72(61-29-11-3-12-30-61)41-24-42-73(100)62-31-13-4-14-32-62)85-56-66(64-48-52-83-77(54-64)75-38-20-22-44-81(75)113(83)68-35-17-6-18-36-68)46-50-79(85)111(98)78-49-45-65(63-47-51-82-76(53-63)74-37-19-21-43-80(74)112(82)67-33-15-5-16-34-67)55-84(78)115(86)99-70(59-25-7-1-8-26-59)39-23-40-71(99)60-27-9-2-10-28-60/h1-58H. The second kappa shape index (κ2) is 27.0. The molecule has 0 bridgehead atoms. The van der Waals surface area contributed by atoms with Crippen LogP contribution in [0.15, 0.2) is 352 Å². The van der Waals surface area contributed by atoms with Gasteiger partial charge in [0.1, 0.15) is 62.8 Å². The molecule has 5 heterocycles. The van der Waals surface area contributed by atoms with Crippen molar-refractivity contribution >= 4 is 229 Å². The number of para-hydroxylation sites is 6. The molecular weight excluding hydrogens is 1390 g/mol. The van der Waals surface area contributed by atoms with Gasteiger partial charge in [-0.05, 0) is 157 Å². The third-order valence-corrected chi connectivity index (χ3v) is 24.2. The highest BCUT2D eigenvalue weighted by atomic mass is 15.2. The Balaban J connectivity index is 0.919. The van der Waals surface area contributed by atoms with Crippen LogP contribution in [-0.2, 0) is 0 Å². The van der Waals surface area contributed by atoms with Crippen molar-refractivity contribution in [1.29, 1.82) is 0 Å². The van der Waals surface area contributed by atoms with Crippen LogP contribution in [0.3, 0.4) is 0 Å². The molecule has 2 aliphatic heterocycles. The maximum Gasteiger partial charge on any atom is 0.252 e. The number of nitrogens with zero attached hydrogens (tertiary/aromatic N) is 5. The van der Waals surface area contributed by atoms with Gasteiger partial charge in [-0.3, -0.25) is 0 Å². The van der Waals surface area contributed by atoms with E-state index in [1.54, 1.807) is 0 Å². The number of rotatable bonds is 11. The fourth-order valence-electron chi connectivity index (χ4n) is 18.9. The van der Waals surface area contributed by atoms with Gasteiger partial charge >= 0.3 is 0 Å². The van der Waals surface area contributed by atoms with Crippen LogP contribution in [0.1, 0.15) is 0 Å². The fourth-order valence-corrected chi connectivity index (χ4v) is 18.9. The highest BCUT2D eigenvalue weighted by Crippen LogP contribution is 2.55. The molecule has 20 aromatic rings. The van der Waals surface area contributed by atoms with E-state index in [-0.39, 0.29) is 43.7 Å². The zero-order chi connectivity index (χ0) is 77.9. The number of benzene rings is 17. The lowest BCUT2D eigenvalue weighted by Crippen LogP contribution is -2.61. The molecule has 0 unspecified atom stereocenters. The topological polar surface area (TPSA) is 21.3 Å². The molecule has 518 valence electrons. The summed E-state index contributed by atoms with van der Waals surface area (Å²) < 4.78 is 6.78. The Bertz CT molecular complexity index is 6940. The molecule has 0 spiro atoms. The van der Waals surface area contributed by atoms with Crippen LogP contribution in [0.2, 0.25) is 0 Å². The molecule has 22 rings (SSSR count). The minimum absolute atomic E-state index is 0.0990. The summed E-state index contributed by atoms with van der Waals surface area (Å²) in [5.41, 5.74) is 30.0. The fraction of sp³-hybridized carbons (Fsp3) is 0. The third-order valence-electron chi connectivity index (χ3n) is 24.2. The van der Waals surface area contributed by atoms with Gasteiger partial charge < -0.3 is 23.5 Å².